The summed E-state index contributed by atoms with van der Waals surface area (Å²) in [5.41, 5.74) is 1.16. The molecule has 2 aromatic carbocycles. The molecule has 27 heavy (non-hydrogen) atoms. The molecule has 0 aliphatic carbocycles. The van der Waals surface area contributed by atoms with Crippen molar-refractivity contribution in [3.8, 4) is 0 Å². The Bertz CT molecular complexity index is 796. The Balaban J connectivity index is 1.59. The minimum Gasteiger partial charge on any atom is -0.368 e. The second-order valence-corrected chi connectivity index (χ2v) is 6.16. The van der Waals surface area contributed by atoms with Crippen LogP contribution in [0.5, 0.6) is 0 Å². The van der Waals surface area contributed by atoms with Crippen LogP contribution >= 0.6 is 0 Å². The Morgan fingerprint density at radius 3 is 2.04 bits per heavy atom. The van der Waals surface area contributed by atoms with Gasteiger partial charge in [0.1, 0.15) is 0 Å². The standard InChI is InChI=1S/C19H18F3N3O2/c20-19(21,22)15-3-7-17(8-4-15)24-9-11-25(12-10-24)18(27)14-1-5-16(6-2-14)23-13-26/h1-8,13H,9-12H2,(H,23,26). The largest absolute Gasteiger partial charge is 0.416 e. The number of benzene rings is 2. The van der Waals surface area contributed by atoms with Crippen molar-refractivity contribution in [2.24, 2.45) is 0 Å². The van der Waals surface area contributed by atoms with Gasteiger partial charge in [-0.15, -0.1) is 0 Å². The van der Waals surface area contributed by atoms with E-state index in [1.165, 1.54) is 12.1 Å². The van der Waals surface area contributed by atoms with Crippen LogP contribution in [-0.2, 0) is 11.0 Å². The van der Waals surface area contributed by atoms with Gasteiger partial charge in [0.15, 0.2) is 0 Å². The molecule has 0 radical (unpaired) electrons. The average molecular weight is 377 g/mol. The van der Waals surface area contributed by atoms with E-state index in [9.17, 15) is 22.8 Å². The number of amides is 2. The second-order valence-electron chi connectivity index (χ2n) is 6.16. The third-order valence-corrected chi connectivity index (χ3v) is 4.48. The molecule has 8 heteroatoms. The number of hydrogen-bond acceptors (Lipinski definition) is 3. The van der Waals surface area contributed by atoms with E-state index >= 15 is 0 Å². The summed E-state index contributed by atoms with van der Waals surface area (Å²) in [7, 11) is 0. The molecule has 1 heterocycles. The summed E-state index contributed by atoms with van der Waals surface area (Å²) in [5, 5.41) is 2.51. The highest BCUT2D eigenvalue weighted by Crippen LogP contribution is 2.30. The zero-order chi connectivity index (χ0) is 19.4. The molecule has 1 N–H and O–H groups in total. The topological polar surface area (TPSA) is 52.7 Å². The van der Waals surface area contributed by atoms with Crippen LogP contribution in [-0.4, -0.2) is 43.4 Å². The molecule has 2 aromatic rings. The monoisotopic (exact) mass is 377 g/mol. The third kappa shape index (κ3) is 4.39. The second kappa shape index (κ2) is 7.69. The number of alkyl halides is 3. The molecule has 1 saturated heterocycles. The lowest BCUT2D eigenvalue weighted by Crippen LogP contribution is -2.48. The Kier molecular flexibility index (Phi) is 5.34. The van der Waals surface area contributed by atoms with E-state index in [0.29, 0.717) is 49.5 Å². The van der Waals surface area contributed by atoms with E-state index in [1.807, 2.05) is 4.90 Å². The lowest BCUT2D eigenvalue weighted by atomic mass is 10.1. The first-order chi connectivity index (χ1) is 12.9. The summed E-state index contributed by atoms with van der Waals surface area (Å²) in [6.07, 6.45) is -3.78. The lowest BCUT2D eigenvalue weighted by molar-refractivity contribution is -0.137. The summed E-state index contributed by atoms with van der Waals surface area (Å²) in [6, 6.07) is 11.7. The molecule has 0 saturated carbocycles. The fourth-order valence-corrected chi connectivity index (χ4v) is 2.99. The predicted molar refractivity (Wildman–Crippen MR) is 95.7 cm³/mol. The minimum absolute atomic E-state index is 0.111. The summed E-state index contributed by atoms with van der Waals surface area (Å²) < 4.78 is 38.0. The van der Waals surface area contributed by atoms with Crippen molar-refractivity contribution in [1.82, 2.24) is 4.90 Å². The zero-order valence-corrected chi connectivity index (χ0v) is 14.4. The van der Waals surface area contributed by atoms with Crippen molar-refractivity contribution in [2.75, 3.05) is 36.4 Å². The molecule has 0 unspecified atom stereocenters. The van der Waals surface area contributed by atoms with Crippen LogP contribution in [0.4, 0.5) is 24.5 Å². The maximum Gasteiger partial charge on any atom is 0.416 e. The summed E-state index contributed by atoms with van der Waals surface area (Å²) >= 11 is 0. The number of nitrogens with zero attached hydrogens (tertiary/aromatic N) is 2. The van der Waals surface area contributed by atoms with Crippen molar-refractivity contribution < 1.29 is 22.8 Å². The molecule has 1 aliphatic rings. The van der Waals surface area contributed by atoms with E-state index < -0.39 is 11.7 Å². The smallest absolute Gasteiger partial charge is 0.368 e. The van der Waals surface area contributed by atoms with Gasteiger partial charge in [-0.1, -0.05) is 0 Å². The molecule has 0 aromatic heterocycles. The Morgan fingerprint density at radius 1 is 0.926 bits per heavy atom. The highest BCUT2D eigenvalue weighted by Gasteiger charge is 2.30. The summed E-state index contributed by atoms with van der Waals surface area (Å²) in [6.45, 7) is 2.05. The lowest BCUT2D eigenvalue weighted by Gasteiger charge is -2.36. The fraction of sp³-hybridized carbons (Fsp3) is 0.263. The molecule has 3 rings (SSSR count). The van der Waals surface area contributed by atoms with Gasteiger partial charge in [-0.2, -0.15) is 13.2 Å². The molecule has 5 nitrogen and oxygen atoms in total. The molecular weight excluding hydrogens is 359 g/mol. The number of carbonyl (C=O) groups excluding carboxylic acids is 2. The fourth-order valence-electron chi connectivity index (χ4n) is 2.99. The van der Waals surface area contributed by atoms with Crippen molar-refractivity contribution >= 4 is 23.7 Å². The maximum atomic E-state index is 12.7. The van der Waals surface area contributed by atoms with Gasteiger partial charge in [0.05, 0.1) is 5.56 Å². The van der Waals surface area contributed by atoms with Crippen LogP contribution < -0.4 is 10.2 Å². The first kappa shape index (κ1) is 18.8. The molecule has 0 atom stereocenters. The Hall–Kier alpha value is -3.03. The number of nitrogens with one attached hydrogen (secondary N) is 1. The van der Waals surface area contributed by atoms with Gasteiger partial charge in [-0.05, 0) is 48.5 Å². The number of anilines is 2. The van der Waals surface area contributed by atoms with Crippen LogP contribution in [0, 0.1) is 0 Å². The zero-order valence-electron chi connectivity index (χ0n) is 14.4. The van der Waals surface area contributed by atoms with Crippen LogP contribution in [0.25, 0.3) is 0 Å². The quantitative estimate of drug-likeness (QED) is 0.833. The normalized spacial score (nSPS) is 14.8. The van der Waals surface area contributed by atoms with Gasteiger partial charge in [0.2, 0.25) is 6.41 Å². The average Bonchev–Trinajstić information content (AvgIpc) is 2.68. The van der Waals surface area contributed by atoms with E-state index in [1.54, 1.807) is 29.2 Å². The van der Waals surface area contributed by atoms with Crippen molar-refractivity contribution in [3.05, 3.63) is 59.7 Å². The highest BCUT2D eigenvalue weighted by atomic mass is 19.4. The van der Waals surface area contributed by atoms with Gasteiger partial charge in [0, 0.05) is 43.1 Å². The van der Waals surface area contributed by atoms with Gasteiger partial charge < -0.3 is 15.1 Å². The summed E-state index contributed by atoms with van der Waals surface area (Å²) in [4.78, 5) is 26.6. The van der Waals surface area contributed by atoms with E-state index in [2.05, 4.69) is 5.32 Å². The van der Waals surface area contributed by atoms with Crippen LogP contribution in [0.1, 0.15) is 15.9 Å². The summed E-state index contributed by atoms with van der Waals surface area (Å²) in [5.74, 6) is -0.111. The first-order valence-electron chi connectivity index (χ1n) is 8.40. The SMILES string of the molecule is O=CNc1ccc(C(=O)N2CCN(c3ccc(C(F)(F)F)cc3)CC2)cc1. The van der Waals surface area contributed by atoms with Crippen molar-refractivity contribution in [2.45, 2.75) is 6.18 Å². The van der Waals surface area contributed by atoms with E-state index in [4.69, 9.17) is 0 Å². The minimum atomic E-state index is -4.35. The predicted octanol–water partition coefficient (Wildman–Crippen LogP) is 3.24. The van der Waals surface area contributed by atoms with Gasteiger partial charge in [-0.3, -0.25) is 9.59 Å². The number of piperazine rings is 1. The van der Waals surface area contributed by atoms with E-state index in [-0.39, 0.29) is 5.91 Å². The van der Waals surface area contributed by atoms with Crippen molar-refractivity contribution in [3.63, 3.8) is 0 Å². The molecule has 0 bridgehead atoms. The third-order valence-electron chi connectivity index (χ3n) is 4.48. The molecule has 142 valence electrons. The molecular formula is C19H18F3N3O2. The maximum absolute atomic E-state index is 12.7. The van der Waals surface area contributed by atoms with Crippen LogP contribution in [0.2, 0.25) is 0 Å². The molecule has 1 fully saturated rings. The first-order valence-corrected chi connectivity index (χ1v) is 8.40. The van der Waals surface area contributed by atoms with Crippen LogP contribution in [0.3, 0.4) is 0 Å². The number of hydrogen-bond donors (Lipinski definition) is 1. The van der Waals surface area contributed by atoms with E-state index in [0.717, 1.165) is 12.1 Å². The number of carbonyl (C=O) groups is 2. The van der Waals surface area contributed by atoms with Gasteiger partial charge in [-0.25, -0.2) is 0 Å². The highest BCUT2D eigenvalue weighted by molar-refractivity contribution is 5.95. The van der Waals surface area contributed by atoms with Crippen LogP contribution in [0.15, 0.2) is 48.5 Å². The van der Waals surface area contributed by atoms with Crippen molar-refractivity contribution in [1.29, 1.82) is 0 Å². The molecule has 0 spiro atoms. The molecule has 1 aliphatic heterocycles. The Labute approximate surface area is 154 Å². The molecule has 2 amide bonds. The van der Waals surface area contributed by atoms with Gasteiger partial charge >= 0.3 is 6.18 Å². The Morgan fingerprint density at radius 2 is 1.52 bits per heavy atom. The van der Waals surface area contributed by atoms with Gasteiger partial charge in [0.25, 0.3) is 5.91 Å². The number of rotatable bonds is 4. The number of halogens is 3.